The highest BCUT2D eigenvalue weighted by atomic mass is 32.1. The molecule has 1 rings (SSSR count). The van der Waals surface area contributed by atoms with Crippen LogP contribution in [0, 0.1) is 0 Å². The molecule has 0 aliphatic carbocycles. The minimum Gasteiger partial charge on any atom is -0.383 e. The first-order valence-electron chi connectivity index (χ1n) is 7.78. The number of hydrogen-bond donors (Lipinski definition) is 6. The lowest BCUT2D eigenvalue weighted by Gasteiger charge is -2.13. The summed E-state index contributed by atoms with van der Waals surface area (Å²) < 4.78 is 9.81. The van der Waals surface area contributed by atoms with Gasteiger partial charge in [-0.3, -0.25) is 26.5 Å². The highest BCUT2D eigenvalue weighted by Gasteiger charge is 2.05. The third-order valence-electron chi connectivity index (χ3n) is 2.94. The first-order chi connectivity index (χ1) is 12.6. The predicted octanol–water partition coefficient (Wildman–Crippen LogP) is -0.121. The van der Waals surface area contributed by atoms with Crippen LogP contribution in [0.2, 0.25) is 0 Å². The second-order valence-electron chi connectivity index (χ2n) is 4.90. The van der Waals surface area contributed by atoms with E-state index in [1.807, 2.05) is 0 Å². The van der Waals surface area contributed by atoms with E-state index in [4.69, 9.17) is 33.9 Å². The lowest BCUT2D eigenvalue weighted by atomic mass is 10.2. The lowest BCUT2D eigenvalue weighted by molar-refractivity contribution is 0.0943. The Hall–Kier alpha value is -2.21. The van der Waals surface area contributed by atoms with Crippen molar-refractivity contribution in [2.45, 2.75) is 0 Å². The van der Waals surface area contributed by atoms with Crippen molar-refractivity contribution in [2.75, 3.05) is 45.9 Å². The maximum atomic E-state index is 12.0. The highest BCUT2D eigenvalue weighted by Crippen LogP contribution is 2.08. The number of amides is 1. The number of nitrogens with one attached hydrogen (secondary N) is 6. The molecular formula is C15H24N6O3S2. The topological polar surface area (TPSA) is 108 Å². The molecule has 9 nitrogen and oxygen atoms in total. The Kier molecular flexibility index (Phi) is 11.0. The number of ether oxygens (including phenoxy) is 2. The van der Waals surface area contributed by atoms with Crippen LogP contribution in [0.1, 0.15) is 10.4 Å². The fourth-order valence-electron chi connectivity index (χ4n) is 1.64. The van der Waals surface area contributed by atoms with Crippen LogP contribution in [-0.4, -0.2) is 56.7 Å². The summed E-state index contributed by atoms with van der Waals surface area (Å²) in [6, 6.07) is 6.83. The van der Waals surface area contributed by atoms with Gasteiger partial charge in [-0.15, -0.1) is 0 Å². The van der Waals surface area contributed by atoms with E-state index in [0.29, 0.717) is 42.1 Å². The normalized spacial score (nSPS) is 9.77. The summed E-state index contributed by atoms with van der Waals surface area (Å²) in [5.74, 6) is -0.308. The zero-order valence-electron chi connectivity index (χ0n) is 14.7. The molecule has 0 atom stereocenters. The van der Waals surface area contributed by atoms with Crippen LogP contribution < -0.4 is 32.3 Å². The Morgan fingerprint density at radius 2 is 1.42 bits per heavy atom. The molecule has 26 heavy (non-hydrogen) atoms. The van der Waals surface area contributed by atoms with Crippen LogP contribution in [0.3, 0.4) is 0 Å². The van der Waals surface area contributed by atoms with Crippen LogP contribution in [0.4, 0.5) is 5.69 Å². The Labute approximate surface area is 163 Å². The van der Waals surface area contributed by atoms with Crippen molar-refractivity contribution in [1.82, 2.24) is 26.9 Å². The van der Waals surface area contributed by atoms with Crippen LogP contribution in [0.15, 0.2) is 24.3 Å². The number of methoxy groups -OCH3 is 2. The van der Waals surface area contributed by atoms with Gasteiger partial charge in [-0.1, -0.05) is 0 Å². The van der Waals surface area contributed by atoms with E-state index in [1.54, 1.807) is 38.5 Å². The molecule has 0 saturated carbocycles. The molecule has 1 aromatic rings. The number of carbonyl (C=O) groups excluding carboxylic acids is 1. The van der Waals surface area contributed by atoms with E-state index in [9.17, 15) is 4.79 Å². The zero-order valence-corrected chi connectivity index (χ0v) is 16.3. The molecule has 0 spiro atoms. The molecular weight excluding hydrogens is 376 g/mol. The third-order valence-corrected chi connectivity index (χ3v) is 3.43. The number of hydrogen-bond acceptors (Lipinski definition) is 6. The summed E-state index contributed by atoms with van der Waals surface area (Å²) in [7, 11) is 3.22. The summed E-state index contributed by atoms with van der Waals surface area (Å²) >= 11 is 10.1. The molecule has 11 heteroatoms. The Bertz CT molecular complexity index is 585. The van der Waals surface area contributed by atoms with Crippen LogP contribution in [0.5, 0.6) is 0 Å². The van der Waals surface area contributed by atoms with E-state index in [2.05, 4.69) is 32.3 Å². The summed E-state index contributed by atoms with van der Waals surface area (Å²) in [4.78, 5) is 12.0. The van der Waals surface area contributed by atoms with Gasteiger partial charge in [0.25, 0.3) is 5.91 Å². The SMILES string of the molecule is COCCNC(=S)NNC(=O)c1ccc(NNC(=S)NCCOC)cc1. The molecule has 0 aliphatic heterocycles. The zero-order chi connectivity index (χ0) is 19.2. The van der Waals surface area contributed by atoms with Gasteiger partial charge in [0.1, 0.15) is 0 Å². The van der Waals surface area contributed by atoms with Gasteiger partial charge in [0.2, 0.25) is 0 Å². The Balaban J connectivity index is 2.33. The number of anilines is 1. The van der Waals surface area contributed by atoms with E-state index in [0.717, 1.165) is 5.69 Å². The van der Waals surface area contributed by atoms with Gasteiger partial charge in [-0.2, -0.15) is 0 Å². The lowest BCUT2D eigenvalue weighted by Crippen LogP contribution is -2.47. The monoisotopic (exact) mass is 400 g/mol. The quantitative estimate of drug-likeness (QED) is 0.191. The van der Waals surface area contributed by atoms with Crippen molar-refractivity contribution >= 4 is 46.3 Å². The van der Waals surface area contributed by atoms with Crippen molar-refractivity contribution in [3.63, 3.8) is 0 Å². The molecule has 0 unspecified atom stereocenters. The summed E-state index contributed by atoms with van der Waals surface area (Å²) in [6.45, 7) is 2.24. The van der Waals surface area contributed by atoms with E-state index < -0.39 is 0 Å². The van der Waals surface area contributed by atoms with Crippen molar-refractivity contribution in [3.05, 3.63) is 29.8 Å². The molecule has 0 fully saturated rings. The van der Waals surface area contributed by atoms with Gasteiger partial charge >= 0.3 is 0 Å². The fourth-order valence-corrected chi connectivity index (χ4v) is 1.95. The van der Waals surface area contributed by atoms with Gasteiger partial charge in [0.05, 0.1) is 18.9 Å². The molecule has 1 aromatic carbocycles. The number of hydrazine groups is 2. The van der Waals surface area contributed by atoms with Crippen LogP contribution in [0.25, 0.3) is 0 Å². The molecule has 0 aliphatic rings. The average Bonchev–Trinajstić information content (AvgIpc) is 2.65. The highest BCUT2D eigenvalue weighted by molar-refractivity contribution is 7.80. The standard InChI is InChI=1S/C15H24N6O3S2/c1-23-9-7-16-14(25)20-18-12-5-3-11(4-6-12)13(22)19-21-15(26)17-8-10-24-2/h3-6,18H,7-10H2,1-2H3,(H,19,22)(H2,16,20,25)(H2,17,21,26). The maximum absolute atomic E-state index is 12.0. The fraction of sp³-hybridized carbons (Fsp3) is 0.400. The van der Waals surface area contributed by atoms with E-state index >= 15 is 0 Å². The second-order valence-corrected chi connectivity index (χ2v) is 5.72. The van der Waals surface area contributed by atoms with Gasteiger partial charge in [0.15, 0.2) is 10.2 Å². The smallest absolute Gasteiger partial charge is 0.269 e. The first kappa shape index (κ1) is 21.8. The largest absolute Gasteiger partial charge is 0.383 e. The molecule has 0 aromatic heterocycles. The van der Waals surface area contributed by atoms with E-state index in [-0.39, 0.29) is 5.91 Å². The van der Waals surface area contributed by atoms with Gasteiger partial charge in [-0.25, -0.2) is 0 Å². The van der Waals surface area contributed by atoms with Crippen LogP contribution in [-0.2, 0) is 9.47 Å². The summed E-state index contributed by atoms with van der Waals surface area (Å²) in [5.41, 5.74) is 12.1. The van der Waals surface area contributed by atoms with Gasteiger partial charge in [0, 0.05) is 32.9 Å². The van der Waals surface area contributed by atoms with Gasteiger partial charge in [-0.05, 0) is 48.7 Å². The van der Waals surface area contributed by atoms with Gasteiger partial charge < -0.3 is 20.1 Å². The first-order valence-corrected chi connectivity index (χ1v) is 8.60. The number of benzene rings is 1. The van der Waals surface area contributed by atoms with Crippen molar-refractivity contribution in [3.8, 4) is 0 Å². The third kappa shape index (κ3) is 9.32. The predicted molar refractivity (Wildman–Crippen MR) is 109 cm³/mol. The summed E-state index contributed by atoms with van der Waals surface area (Å²) in [5, 5.41) is 6.60. The molecule has 1 amide bonds. The average molecular weight is 401 g/mol. The Morgan fingerprint density at radius 3 is 1.96 bits per heavy atom. The summed E-state index contributed by atoms with van der Waals surface area (Å²) in [6.07, 6.45) is 0. The minimum atomic E-state index is -0.308. The molecule has 144 valence electrons. The molecule has 0 saturated heterocycles. The second kappa shape index (κ2) is 13.1. The van der Waals surface area contributed by atoms with Crippen LogP contribution >= 0.6 is 24.4 Å². The number of rotatable bonds is 9. The molecule has 0 radical (unpaired) electrons. The molecule has 0 bridgehead atoms. The van der Waals surface area contributed by atoms with Crippen molar-refractivity contribution in [1.29, 1.82) is 0 Å². The Morgan fingerprint density at radius 1 is 0.885 bits per heavy atom. The number of thiocarbonyl (C=S) groups is 2. The maximum Gasteiger partial charge on any atom is 0.269 e. The molecule has 0 heterocycles. The minimum absolute atomic E-state index is 0.308. The number of carbonyl (C=O) groups is 1. The van der Waals surface area contributed by atoms with E-state index in [1.165, 1.54) is 0 Å². The van der Waals surface area contributed by atoms with Crippen molar-refractivity contribution < 1.29 is 14.3 Å². The molecule has 6 N–H and O–H groups in total. The van der Waals surface area contributed by atoms with Crippen molar-refractivity contribution in [2.24, 2.45) is 0 Å².